The fourth-order valence-corrected chi connectivity index (χ4v) is 3.89. The summed E-state index contributed by atoms with van der Waals surface area (Å²) in [4.78, 5) is 29.4. The monoisotopic (exact) mass is 414 g/mol. The Hall–Kier alpha value is -3.89. The highest BCUT2D eigenvalue weighted by molar-refractivity contribution is 7.12. The number of rotatable bonds is 6. The number of hydrogen-bond donors (Lipinski definition) is 3. The maximum atomic E-state index is 13.1. The Morgan fingerprint density at radius 3 is 2.77 bits per heavy atom. The summed E-state index contributed by atoms with van der Waals surface area (Å²) in [5.41, 5.74) is 2.86. The zero-order valence-electron chi connectivity index (χ0n) is 15.9. The Morgan fingerprint density at radius 2 is 1.97 bits per heavy atom. The van der Waals surface area contributed by atoms with Gasteiger partial charge in [0.1, 0.15) is 6.04 Å². The van der Waals surface area contributed by atoms with E-state index in [0.29, 0.717) is 22.5 Å². The van der Waals surface area contributed by atoms with Crippen LogP contribution in [0.25, 0.3) is 10.9 Å². The second kappa shape index (κ2) is 8.64. The predicted octanol–water partition coefficient (Wildman–Crippen LogP) is 4.08. The Bertz CT molecular complexity index is 1240. The van der Waals surface area contributed by atoms with Crippen molar-refractivity contribution in [2.75, 3.05) is 5.32 Å². The van der Waals surface area contributed by atoms with E-state index < -0.39 is 6.04 Å². The molecule has 30 heavy (non-hydrogen) atoms. The summed E-state index contributed by atoms with van der Waals surface area (Å²) < 4.78 is 0. The molecule has 0 fully saturated rings. The van der Waals surface area contributed by atoms with E-state index in [1.54, 1.807) is 36.4 Å². The van der Waals surface area contributed by atoms with Crippen molar-refractivity contribution in [1.29, 1.82) is 5.26 Å². The summed E-state index contributed by atoms with van der Waals surface area (Å²) in [7, 11) is 0. The highest BCUT2D eigenvalue weighted by Crippen LogP contribution is 2.20. The number of nitrogens with zero attached hydrogens (tertiary/aromatic N) is 1. The van der Waals surface area contributed by atoms with Gasteiger partial charge in [0, 0.05) is 29.2 Å². The van der Waals surface area contributed by atoms with Gasteiger partial charge in [-0.2, -0.15) is 5.26 Å². The van der Waals surface area contributed by atoms with Crippen LogP contribution in [0.15, 0.2) is 72.2 Å². The number of carbonyl (C=O) groups is 2. The van der Waals surface area contributed by atoms with Crippen molar-refractivity contribution in [3.63, 3.8) is 0 Å². The van der Waals surface area contributed by atoms with Gasteiger partial charge in [-0.25, -0.2) is 0 Å². The lowest BCUT2D eigenvalue weighted by Crippen LogP contribution is -2.45. The number of nitrogens with one attached hydrogen (secondary N) is 3. The molecular weight excluding hydrogens is 396 g/mol. The largest absolute Gasteiger partial charge is 0.361 e. The number of aromatic amines is 1. The Balaban J connectivity index is 1.59. The number of anilines is 1. The second-order valence-electron chi connectivity index (χ2n) is 6.75. The first-order valence-corrected chi connectivity index (χ1v) is 10.2. The van der Waals surface area contributed by atoms with Crippen LogP contribution >= 0.6 is 11.3 Å². The standard InChI is InChI=1S/C23H18N4O2S/c24-13-15-5-3-6-17(11-15)26-22(28)20(27-23(29)21-9-4-10-30-21)12-16-14-25-19-8-2-1-7-18(16)19/h1-11,14,20,25H,12H2,(H,26,28)(H,27,29). The van der Waals surface area contributed by atoms with Gasteiger partial charge in [-0.15, -0.1) is 11.3 Å². The molecule has 2 amide bonds. The molecule has 6 nitrogen and oxygen atoms in total. The van der Waals surface area contributed by atoms with E-state index in [0.717, 1.165) is 16.5 Å². The first-order valence-electron chi connectivity index (χ1n) is 9.34. The van der Waals surface area contributed by atoms with Gasteiger partial charge in [-0.3, -0.25) is 9.59 Å². The van der Waals surface area contributed by atoms with E-state index in [4.69, 9.17) is 5.26 Å². The lowest BCUT2D eigenvalue weighted by Gasteiger charge is -2.18. The molecule has 0 aliphatic heterocycles. The summed E-state index contributed by atoms with van der Waals surface area (Å²) in [6, 6.07) is 19.3. The Morgan fingerprint density at radius 1 is 1.10 bits per heavy atom. The molecule has 0 saturated carbocycles. The van der Waals surface area contributed by atoms with Gasteiger partial charge in [0.15, 0.2) is 0 Å². The van der Waals surface area contributed by atoms with Gasteiger partial charge in [0.05, 0.1) is 16.5 Å². The number of benzene rings is 2. The van der Waals surface area contributed by atoms with E-state index >= 15 is 0 Å². The molecule has 0 spiro atoms. The molecule has 7 heteroatoms. The Kier molecular flexibility index (Phi) is 5.59. The molecule has 4 rings (SSSR count). The maximum absolute atomic E-state index is 13.1. The van der Waals surface area contributed by atoms with Crippen molar-refractivity contribution in [1.82, 2.24) is 10.3 Å². The molecule has 1 atom stereocenters. The number of aromatic nitrogens is 1. The average Bonchev–Trinajstić information content (AvgIpc) is 3.44. The summed E-state index contributed by atoms with van der Waals surface area (Å²) >= 11 is 1.32. The highest BCUT2D eigenvalue weighted by Gasteiger charge is 2.24. The molecule has 1 unspecified atom stereocenters. The van der Waals surface area contributed by atoms with Crippen LogP contribution < -0.4 is 10.6 Å². The highest BCUT2D eigenvalue weighted by atomic mass is 32.1. The molecule has 0 radical (unpaired) electrons. The van der Waals surface area contributed by atoms with Crippen LogP contribution in [0.1, 0.15) is 20.8 Å². The fraction of sp³-hybridized carbons (Fsp3) is 0.0870. The minimum absolute atomic E-state index is 0.296. The maximum Gasteiger partial charge on any atom is 0.262 e. The number of para-hydroxylation sites is 1. The number of thiophene rings is 1. The minimum Gasteiger partial charge on any atom is -0.361 e. The smallest absolute Gasteiger partial charge is 0.262 e. The summed E-state index contributed by atoms with van der Waals surface area (Å²) in [6.07, 6.45) is 2.18. The van der Waals surface area contributed by atoms with Crippen molar-refractivity contribution in [2.24, 2.45) is 0 Å². The summed E-state index contributed by atoms with van der Waals surface area (Å²) in [6.45, 7) is 0. The van der Waals surface area contributed by atoms with Gasteiger partial charge in [-0.1, -0.05) is 30.3 Å². The fourth-order valence-electron chi connectivity index (χ4n) is 3.26. The molecule has 2 aromatic heterocycles. The van der Waals surface area contributed by atoms with Gasteiger partial charge < -0.3 is 15.6 Å². The third-order valence-corrected chi connectivity index (χ3v) is 5.59. The Labute approximate surface area is 177 Å². The molecule has 0 aliphatic carbocycles. The van der Waals surface area contributed by atoms with Crippen LogP contribution in [0, 0.1) is 11.3 Å². The van der Waals surface area contributed by atoms with Crippen molar-refractivity contribution in [2.45, 2.75) is 12.5 Å². The molecular formula is C23H18N4O2S. The van der Waals surface area contributed by atoms with Crippen LogP contribution in [-0.4, -0.2) is 22.8 Å². The van der Waals surface area contributed by atoms with E-state index in [-0.39, 0.29) is 11.8 Å². The summed E-state index contributed by atoms with van der Waals surface area (Å²) in [5, 5.41) is 17.6. The topological polar surface area (TPSA) is 97.8 Å². The first kappa shape index (κ1) is 19.4. The molecule has 0 saturated heterocycles. The van der Waals surface area contributed by atoms with Gasteiger partial charge in [-0.05, 0) is 41.3 Å². The third kappa shape index (κ3) is 4.24. The van der Waals surface area contributed by atoms with Crippen LogP contribution in [0.4, 0.5) is 5.69 Å². The lowest BCUT2D eigenvalue weighted by molar-refractivity contribution is -0.118. The SMILES string of the molecule is N#Cc1cccc(NC(=O)C(Cc2c[nH]c3ccccc23)NC(=O)c2cccs2)c1. The quantitative estimate of drug-likeness (QED) is 0.443. The number of nitriles is 1. The van der Waals surface area contributed by atoms with Crippen molar-refractivity contribution >= 4 is 39.7 Å². The number of hydrogen-bond acceptors (Lipinski definition) is 4. The van der Waals surface area contributed by atoms with E-state index in [1.807, 2.05) is 35.8 Å². The lowest BCUT2D eigenvalue weighted by atomic mass is 10.0. The molecule has 0 bridgehead atoms. The van der Waals surface area contributed by atoms with E-state index in [1.165, 1.54) is 11.3 Å². The second-order valence-corrected chi connectivity index (χ2v) is 7.70. The van der Waals surface area contributed by atoms with Crippen molar-refractivity contribution < 1.29 is 9.59 Å². The summed E-state index contributed by atoms with van der Waals surface area (Å²) in [5.74, 6) is -0.643. The molecule has 2 aromatic carbocycles. The van der Waals surface area contributed by atoms with Crippen LogP contribution in [-0.2, 0) is 11.2 Å². The molecule has 3 N–H and O–H groups in total. The normalized spacial score (nSPS) is 11.6. The van der Waals surface area contributed by atoms with Gasteiger partial charge in [0.25, 0.3) is 5.91 Å². The molecule has 4 aromatic rings. The minimum atomic E-state index is -0.787. The zero-order valence-corrected chi connectivity index (χ0v) is 16.7. The molecule has 0 aliphatic rings. The number of fused-ring (bicyclic) bond motifs is 1. The number of carbonyl (C=O) groups excluding carboxylic acids is 2. The van der Waals surface area contributed by atoms with Gasteiger partial charge in [0.2, 0.25) is 5.91 Å². The van der Waals surface area contributed by atoms with Crippen LogP contribution in [0.2, 0.25) is 0 Å². The van der Waals surface area contributed by atoms with Crippen molar-refractivity contribution in [3.05, 3.63) is 88.2 Å². The third-order valence-electron chi connectivity index (χ3n) is 4.72. The zero-order chi connectivity index (χ0) is 20.9. The van der Waals surface area contributed by atoms with Crippen LogP contribution in [0.3, 0.4) is 0 Å². The number of H-pyrrole nitrogens is 1. The molecule has 148 valence electrons. The first-order chi connectivity index (χ1) is 14.6. The molecule has 2 heterocycles. The predicted molar refractivity (Wildman–Crippen MR) is 117 cm³/mol. The van der Waals surface area contributed by atoms with Gasteiger partial charge >= 0.3 is 0 Å². The van der Waals surface area contributed by atoms with E-state index in [9.17, 15) is 9.59 Å². The van der Waals surface area contributed by atoms with E-state index in [2.05, 4.69) is 21.7 Å². The average molecular weight is 414 g/mol. The van der Waals surface area contributed by atoms with Crippen LogP contribution in [0.5, 0.6) is 0 Å². The van der Waals surface area contributed by atoms with Crippen molar-refractivity contribution in [3.8, 4) is 6.07 Å². The number of amides is 2.